The maximum absolute atomic E-state index is 12.3. The summed E-state index contributed by atoms with van der Waals surface area (Å²) in [6.07, 6.45) is 2.46. The van der Waals surface area contributed by atoms with Gasteiger partial charge in [0.05, 0.1) is 12.7 Å². The Hall–Kier alpha value is -2.41. The summed E-state index contributed by atoms with van der Waals surface area (Å²) in [6, 6.07) is 7.28. The lowest BCUT2D eigenvalue weighted by atomic mass is 10.1. The van der Waals surface area contributed by atoms with E-state index in [0.717, 1.165) is 22.8 Å². The molecule has 1 N–H and O–H groups in total. The molecule has 1 aromatic rings. The van der Waals surface area contributed by atoms with Crippen LogP contribution in [0.25, 0.3) is 6.08 Å². The molecule has 0 radical (unpaired) electrons. The van der Waals surface area contributed by atoms with Crippen LogP contribution in [0.1, 0.15) is 25.8 Å². The third kappa shape index (κ3) is 3.26. The van der Waals surface area contributed by atoms with Crippen LogP contribution in [0.4, 0.5) is 0 Å². The number of thioether (sulfide) groups is 1. The lowest BCUT2D eigenvalue weighted by molar-refractivity contribution is -0.114. The fourth-order valence-corrected chi connectivity index (χ4v) is 3.43. The van der Waals surface area contributed by atoms with Crippen molar-refractivity contribution in [3.05, 3.63) is 35.4 Å². The van der Waals surface area contributed by atoms with E-state index < -0.39 is 5.91 Å². The molecule has 124 valence electrons. The van der Waals surface area contributed by atoms with E-state index in [2.05, 4.69) is 23.9 Å². The van der Waals surface area contributed by atoms with Crippen LogP contribution in [0.5, 0.6) is 5.75 Å². The first-order valence-electron chi connectivity index (χ1n) is 7.61. The second kappa shape index (κ2) is 6.60. The summed E-state index contributed by atoms with van der Waals surface area (Å²) in [5.41, 5.74) is 1.04. The normalized spacial score (nSPS) is 18.8. The van der Waals surface area contributed by atoms with Crippen molar-refractivity contribution in [3.8, 4) is 5.75 Å². The fraction of sp³-hybridized carbons (Fsp3) is 0.294. The number of fused-ring (bicyclic) bond motifs is 1. The van der Waals surface area contributed by atoms with Crippen molar-refractivity contribution >= 4 is 39.8 Å². The average molecular weight is 342 g/mol. The molecule has 0 aliphatic carbocycles. The molecule has 1 aromatic carbocycles. The molecule has 7 heteroatoms. The van der Waals surface area contributed by atoms with Gasteiger partial charge in [-0.1, -0.05) is 26.0 Å². The number of amides is 1. The third-order valence-electron chi connectivity index (χ3n) is 3.51. The van der Waals surface area contributed by atoms with Crippen LogP contribution in [0.2, 0.25) is 0 Å². The molecular formula is C17H18N4O2S. The number of ether oxygens (including phenoxy) is 1. The fourth-order valence-electron chi connectivity index (χ4n) is 2.33. The first-order chi connectivity index (χ1) is 11.5. The van der Waals surface area contributed by atoms with Gasteiger partial charge in [-0.2, -0.15) is 15.1 Å². The summed E-state index contributed by atoms with van der Waals surface area (Å²) >= 11 is 1.36. The molecular weight excluding hydrogens is 324 g/mol. The summed E-state index contributed by atoms with van der Waals surface area (Å²) in [6.45, 7) is 4.21. The third-order valence-corrected chi connectivity index (χ3v) is 4.44. The Morgan fingerprint density at radius 2 is 2.04 bits per heavy atom. The number of amidine groups is 2. The summed E-state index contributed by atoms with van der Waals surface area (Å²) in [7, 11) is 1.60. The number of benzene rings is 1. The molecule has 24 heavy (non-hydrogen) atoms. The molecule has 0 saturated heterocycles. The molecule has 1 amide bonds. The Morgan fingerprint density at radius 1 is 1.33 bits per heavy atom. The Bertz CT molecular complexity index is 778. The van der Waals surface area contributed by atoms with Gasteiger partial charge in [0.25, 0.3) is 5.91 Å². The number of nitrogens with one attached hydrogen (secondary N) is 1. The van der Waals surface area contributed by atoms with Crippen LogP contribution < -0.4 is 4.74 Å². The van der Waals surface area contributed by atoms with Gasteiger partial charge in [-0.15, -0.1) is 0 Å². The zero-order valence-electron chi connectivity index (χ0n) is 13.7. The molecule has 2 heterocycles. The van der Waals surface area contributed by atoms with Crippen molar-refractivity contribution in [3.63, 3.8) is 0 Å². The van der Waals surface area contributed by atoms with Crippen LogP contribution in [0, 0.1) is 11.3 Å². The predicted molar refractivity (Wildman–Crippen MR) is 97.5 cm³/mol. The molecule has 2 aliphatic rings. The Balaban J connectivity index is 1.88. The number of methoxy groups -OCH3 is 1. The number of rotatable bonds is 4. The van der Waals surface area contributed by atoms with Gasteiger partial charge in [0, 0.05) is 6.42 Å². The molecule has 6 nitrogen and oxygen atoms in total. The molecule has 0 bridgehead atoms. The topological polar surface area (TPSA) is 78.1 Å². The molecule has 2 aliphatic heterocycles. The summed E-state index contributed by atoms with van der Waals surface area (Å²) in [5, 5.41) is 15.5. The zero-order chi connectivity index (χ0) is 17.3. The molecule has 0 unspecified atom stereocenters. The van der Waals surface area contributed by atoms with E-state index in [4.69, 9.17) is 10.1 Å². The maximum Gasteiger partial charge on any atom is 0.283 e. The number of nitrogens with zero attached hydrogens (tertiary/aromatic N) is 3. The summed E-state index contributed by atoms with van der Waals surface area (Å²) < 4.78 is 5.12. The van der Waals surface area contributed by atoms with Crippen LogP contribution in [-0.2, 0) is 4.79 Å². The quantitative estimate of drug-likeness (QED) is 0.851. The molecule has 0 saturated carbocycles. The Labute approximate surface area is 144 Å². The van der Waals surface area contributed by atoms with Crippen molar-refractivity contribution in [2.45, 2.75) is 20.3 Å². The Morgan fingerprint density at radius 3 is 2.67 bits per heavy atom. The average Bonchev–Trinajstić information content (AvgIpc) is 2.93. The van der Waals surface area contributed by atoms with Crippen molar-refractivity contribution in [2.75, 3.05) is 7.11 Å². The van der Waals surface area contributed by atoms with Gasteiger partial charge in [0.2, 0.25) is 5.17 Å². The monoisotopic (exact) mass is 342 g/mol. The van der Waals surface area contributed by atoms with E-state index in [9.17, 15) is 4.79 Å². The highest BCUT2D eigenvalue weighted by atomic mass is 32.2. The van der Waals surface area contributed by atoms with E-state index in [0.29, 0.717) is 11.1 Å². The zero-order valence-corrected chi connectivity index (χ0v) is 14.6. The number of hydrogen-bond acceptors (Lipinski definition) is 5. The van der Waals surface area contributed by atoms with Crippen LogP contribution >= 0.6 is 11.8 Å². The highest BCUT2D eigenvalue weighted by molar-refractivity contribution is 8.26. The highest BCUT2D eigenvalue weighted by Crippen LogP contribution is 2.30. The van der Waals surface area contributed by atoms with Crippen molar-refractivity contribution in [1.82, 2.24) is 5.01 Å². The van der Waals surface area contributed by atoms with Crippen LogP contribution in [0.15, 0.2) is 39.9 Å². The lowest BCUT2D eigenvalue weighted by Crippen LogP contribution is -2.35. The van der Waals surface area contributed by atoms with E-state index in [1.165, 1.54) is 16.8 Å². The maximum atomic E-state index is 12.3. The van der Waals surface area contributed by atoms with Gasteiger partial charge < -0.3 is 4.74 Å². The van der Waals surface area contributed by atoms with Gasteiger partial charge in [-0.3, -0.25) is 10.2 Å². The number of carbonyl (C=O) groups excluding carboxylic acids is 1. The van der Waals surface area contributed by atoms with Crippen molar-refractivity contribution < 1.29 is 9.53 Å². The number of aliphatic imine (C=N–C) groups is 1. The van der Waals surface area contributed by atoms with Crippen molar-refractivity contribution in [2.24, 2.45) is 16.0 Å². The second-order valence-corrected chi connectivity index (χ2v) is 6.93. The van der Waals surface area contributed by atoms with E-state index in [1.54, 1.807) is 13.2 Å². The number of carbonyl (C=O) groups is 1. The summed E-state index contributed by atoms with van der Waals surface area (Å²) in [4.78, 5) is 16.4. The van der Waals surface area contributed by atoms with Gasteiger partial charge in [-0.05, 0) is 41.5 Å². The van der Waals surface area contributed by atoms with E-state index in [-0.39, 0.29) is 11.4 Å². The number of hydrazone groups is 1. The van der Waals surface area contributed by atoms with E-state index >= 15 is 0 Å². The highest BCUT2D eigenvalue weighted by Gasteiger charge is 2.35. The van der Waals surface area contributed by atoms with Gasteiger partial charge in [-0.25, -0.2) is 0 Å². The molecule has 0 spiro atoms. The van der Waals surface area contributed by atoms with Crippen LogP contribution in [-0.4, -0.2) is 34.1 Å². The molecule has 0 aromatic heterocycles. The lowest BCUT2D eigenvalue weighted by Gasteiger charge is -2.20. The minimum atomic E-state index is -0.407. The minimum Gasteiger partial charge on any atom is -0.497 e. The smallest absolute Gasteiger partial charge is 0.283 e. The van der Waals surface area contributed by atoms with E-state index in [1.807, 2.05) is 24.3 Å². The SMILES string of the molecule is COc1ccc(C=C2C(=N)N3N=C(CC(C)C)SC3=NC2=O)cc1. The molecule has 0 atom stereocenters. The second-order valence-electron chi connectivity index (χ2n) is 5.88. The predicted octanol–water partition coefficient (Wildman–Crippen LogP) is 3.36. The molecule has 3 rings (SSSR count). The molecule has 0 fully saturated rings. The van der Waals surface area contributed by atoms with Gasteiger partial charge in [0.15, 0.2) is 5.84 Å². The Kier molecular flexibility index (Phi) is 4.53. The standard InChI is InChI=1S/C17H18N4O2S/c1-10(2)8-14-20-21-15(18)13(16(22)19-17(21)24-14)9-11-4-6-12(23-3)7-5-11/h4-7,9-10,18H,8H2,1-3H3. The number of hydrogen-bond donors (Lipinski definition) is 1. The van der Waals surface area contributed by atoms with Crippen LogP contribution in [0.3, 0.4) is 0 Å². The van der Waals surface area contributed by atoms with Gasteiger partial charge in [0.1, 0.15) is 10.8 Å². The summed E-state index contributed by atoms with van der Waals surface area (Å²) in [5.74, 6) is 0.849. The first kappa shape index (κ1) is 16.4. The minimum absolute atomic E-state index is 0.0621. The van der Waals surface area contributed by atoms with Gasteiger partial charge >= 0.3 is 0 Å². The van der Waals surface area contributed by atoms with Crippen molar-refractivity contribution in [1.29, 1.82) is 5.41 Å². The first-order valence-corrected chi connectivity index (χ1v) is 8.42. The largest absolute Gasteiger partial charge is 0.497 e.